The molecule has 1 nitrogen and oxygen atoms in total. The van der Waals surface area contributed by atoms with E-state index in [0.29, 0.717) is 16.7 Å². The van der Waals surface area contributed by atoms with Gasteiger partial charge in [-0.25, -0.2) is 0 Å². The van der Waals surface area contributed by atoms with E-state index < -0.39 is 0 Å². The van der Waals surface area contributed by atoms with Crippen molar-refractivity contribution in [2.45, 2.75) is 99.0 Å². The summed E-state index contributed by atoms with van der Waals surface area (Å²) in [5.41, 5.74) is 4.07. The molecule has 0 spiro atoms. The number of hydrogen-bond donors (Lipinski definition) is 1. The highest BCUT2D eigenvalue weighted by atomic mass is 16.3. The second-order valence-electron chi connectivity index (χ2n) is 12.1. The van der Waals surface area contributed by atoms with Crippen LogP contribution in [0.2, 0.25) is 0 Å². The Morgan fingerprint density at radius 1 is 1.00 bits per heavy atom. The lowest BCUT2D eigenvalue weighted by atomic mass is 9.50. The fourth-order valence-corrected chi connectivity index (χ4v) is 8.17. The summed E-state index contributed by atoms with van der Waals surface area (Å²) in [7, 11) is 0. The van der Waals surface area contributed by atoms with Crippen LogP contribution in [-0.4, -0.2) is 11.2 Å². The molecule has 0 aliphatic heterocycles. The lowest BCUT2D eigenvalue weighted by Crippen LogP contribution is -2.46. The minimum absolute atomic E-state index is 0.116. The summed E-state index contributed by atoms with van der Waals surface area (Å²) in [6.45, 7) is 14.7. The highest BCUT2D eigenvalue weighted by Crippen LogP contribution is 2.66. The van der Waals surface area contributed by atoms with Gasteiger partial charge >= 0.3 is 0 Å². The topological polar surface area (TPSA) is 20.2 Å². The third-order valence-electron chi connectivity index (χ3n) is 10.2. The Labute approximate surface area is 186 Å². The average Bonchev–Trinajstić information content (AvgIpc) is 3.06. The quantitative estimate of drug-likeness (QED) is 0.460. The maximum absolute atomic E-state index is 10.2. The van der Waals surface area contributed by atoms with Crippen LogP contribution < -0.4 is 0 Å². The molecule has 8 atom stereocenters. The maximum atomic E-state index is 10.2. The molecule has 0 aromatic carbocycles. The van der Waals surface area contributed by atoms with Gasteiger partial charge in [0.05, 0.1) is 6.10 Å². The molecule has 0 heterocycles. The van der Waals surface area contributed by atoms with E-state index in [1.54, 1.807) is 5.57 Å². The summed E-state index contributed by atoms with van der Waals surface area (Å²) in [5.74, 6) is 4.45. The van der Waals surface area contributed by atoms with E-state index in [-0.39, 0.29) is 6.10 Å². The number of fused-ring (bicyclic) bond motifs is 5. The van der Waals surface area contributed by atoms with Crippen LogP contribution >= 0.6 is 0 Å². The Kier molecular flexibility index (Phi) is 6.17. The number of allylic oxidation sites excluding steroid dienone is 5. The summed E-state index contributed by atoms with van der Waals surface area (Å²) in [4.78, 5) is 0. The number of aliphatic hydroxyl groups excluding tert-OH is 1. The first-order chi connectivity index (χ1) is 14.2. The van der Waals surface area contributed by atoms with Crippen molar-refractivity contribution in [1.82, 2.24) is 0 Å². The molecule has 30 heavy (non-hydrogen) atoms. The number of hydrogen-bond acceptors (Lipinski definition) is 1. The molecule has 0 amide bonds. The van der Waals surface area contributed by atoms with Crippen molar-refractivity contribution in [3.8, 4) is 0 Å². The first kappa shape index (κ1) is 22.4. The van der Waals surface area contributed by atoms with Crippen molar-refractivity contribution in [2.75, 3.05) is 0 Å². The van der Waals surface area contributed by atoms with E-state index in [0.717, 1.165) is 42.4 Å². The molecule has 0 aromatic heterocycles. The fourth-order valence-electron chi connectivity index (χ4n) is 8.17. The normalized spacial score (nSPS) is 42.9. The number of rotatable bonds is 5. The average molecular weight is 411 g/mol. The van der Waals surface area contributed by atoms with Crippen LogP contribution in [0.3, 0.4) is 0 Å². The van der Waals surface area contributed by atoms with Gasteiger partial charge in [0.1, 0.15) is 0 Å². The lowest BCUT2D eigenvalue weighted by molar-refractivity contribution is 0.0382. The van der Waals surface area contributed by atoms with Gasteiger partial charge in [-0.05, 0) is 97.7 Å². The first-order valence-electron chi connectivity index (χ1n) is 13.0. The molecule has 3 unspecified atom stereocenters. The molecular weight excluding hydrogens is 364 g/mol. The fraction of sp³-hybridized carbons (Fsp3) is 0.793. The second kappa shape index (κ2) is 8.27. The molecule has 4 aliphatic carbocycles. The second-order valence-corrected chi connectivity index (χ2v) is 12.1. The van der Waals surface area contributed by atoms with Crippen LogP contribution in [0.1, 0.15) is 92.9 Å². The van der Waals surface area contributed by atoms with Crippen LogP contribution in [-0.2, 0) is 0 Å². The summed E-state index contributed by atoms with van der Waals surface area (Å²) in [6.07, 6.45) is 19.7. The summed E-state index contributed by atoms with van der Waals surface area (Å²) in [5, 5.41) is 10.2. The minimum atomic E-state index is -0.116. The van der Waals surface area contributed by atoms with Crippen LogP contribution in [0.15, 0.2) is 35.5 Å². The van der Waals surface area contributed by atoms with Gasteiger partial charge in [-0.15, -0.1) is 0 Å². The Morgan fingerprint density at radius 3 is 2.47 bits per heavy atom. The van der Waals surface area contributed by atoms with Gasteiger partial charge in [0.15, 0.2) is 0 Å². The predicted molar refractivity (Wildman–Crippen MR) is 128 cm³/mol. The smallest absolute Gasteiger partial charge is 0.0578 e. The molecule has 3 saturated carbocycles. The zero-order valence-electron chi connectivity index (χ0n) is 20.5. The zero-order valence-corrected chi connectivity index (χ0v) is 20.5. The molecule has 0 aromatic rings. The van der Waals surface area contributed by atoms with E-state index in [9.17, 15) is 5.11 Å². The molecule has 3 fully saturated rings. The minimum Gasteiger partial charge on any atom is -0.393 e. The predicted octanol–water partition coefficient (Wildman–Crippen LogP) is 7.72. The maximum Gasteiger partial charge on any atom is 0.0578 e. The zero-order chi connectivity index (χ0) is 21.7. The van der Waals surface area contributed by atoms with Crippen molar-refractivity contribution in [3.05, 3.63) is 35.5 Å². The monoisotopic (exact) mass is 410 g/mol. The van der Waals surface area contributed by atoms with E-state index >= 15 is 0 Å². The van der Waals surface area contributed by atoms with E-state index in [1.165, 1.54) is 44.1 Å². The molecule has 168 valence electrons. The van der Waals surface area contributed by atoms with Crippen LogP contribution in [0.4, 0.5) is 0 Å². The summed E-state index contributed by atoms with van der Waals surface area (Å²) in [6, 6.07) is 0. The van der Waals surface area contributed by atoms with Crippen molar-refractivity contribution >= 4 is 0 Å². The Bertz CT molecular complexity index is 727. The van der Waals surface area contributed by atoms with Gasteiger partial charge in [-0.1, -0.05) is 77.0 Å². The highest BCUT2D eigenvalue weighted by molar-refractivity contribution is 5.39. The molecule has 4 aliphatic rings. The molecule has 1 heteroatoms. The molecule has 0 radical (unpaired) electrons. The van der Waals surface area contributed by atoms with Gasteiger partial charge in [-0.2, -0.15) is 0 Å². The van der Waals surface area contributed by atoms with Crippen LogP contribution in [0.5, 0.6) is 0 Å². The summed E-state index contributed by atoms with van der Waals surface area (Å²) >= 11 is 0. The van der Waals surface area contributed by atoms with Gasteiger partial charge in [0, 0.05) is 0 Å². The summed E-state index contributed by atoms with van der Waals surface area (Å²) < 4.78 is 0. The SMILES string of the molecule is CC[C@@H](/C=C/C(C)[C@H]1CCC2C3=CC=C4C[C@@H](O)CC[C@]4(C)C3CC[C@@]21C)C(C)C. The molecule has 0 saturated heterocycles. The van der Waals surface area contributed by atoms with E-state index in [2.05, 4.69) is 65.8 Å². The van der Waals surface area contributed by atoms with Crippen molar-refractivity contribution in [2.24, 2.45) is 46.3 Å². The molecular formula is C29H46O. The molecule has 1 N–H and O–H groups in total. The van der Waals surface area contributed by atoms with Gasteiger partial charge < -0.3 is 5.11 Å². The first-order valence-corrected chi connectivity index (χ1v) is 13.0. The van der Waals surface area contributed by atoms with Gasteiger partial charge in [-0.3, -0.25) is 0 Å². The highest BCUT2D eigenvalue weighted by Gasteiger charge is 2.56. The van der Waals surface area contributed by atoms with Crippen LogP contribution in [0.25, 0.3) is 0 Å². The van der Waals surface area contributed by atoms with E-state index in [1.807, 2.05) is 0 Å². The lowest BCUT2D eigenvalue weighted by Gasteiger charge is -2.55. The Hall–Kier alpha value is -0.820. The van der Waals surface area contributed by atoms with Crippen molar-refractivity contribution in [3.63, 3.8) is 0 Å². The van der Waals surface area contributed by atoms with Gasteiger partial charge in [0.25, 0.3) is 0 Å². The van der Waals surface area contributed by atoms with E-state index in [4.69, 9.17) is 0 Å². The Morgan fingerprint density at radius 2 is 1.77 bits per heavy atom. The number of aliphatic hydroxyl groups is 1. The molecule has 0 bridgehead atoms. The van der Waals surface area contributed by atoms with Crippen LogP contribution in [0, 0.1) is 46.3 Å². The standard InChI is InChI=1S/C29H46O/c1-7-21(19(2)3)9-8-20(4)25-12-13-26-24-11-10-22-18-23(30)14-16-28(22,5)27(24)15-17-29(25,26)6/h8-11,19-21,23,25-27,30H,7,12-18H2,1-6H3/b9-8+/t20?,21-,23-,25+,26?,27?,28-,29+/m0/s1. The Balaban J connectivity index is 1.56. The van der Waals surface area contributed by atoms with Crippen molar-refractivity contribution in [1.29, 1.82) is 0 Å². The third kappa shape index (κ3) is 3.58. The largest absolute Gasteiger partial charge is 0.393 e. The third-order valence-corrected chi connectivity index (χ3v) is 10.2. The molecule has 4 rings (SSSR count). The van der Waals surface area contributed by atoms with Gasteiger partial charge in [0.2, 0.25) is 0 Å². The van der Waals surface area contributed by atoms with Crippen molar-refractivity contribution < 1.29 is 5.11 Å².